The molecule has 4 unspecified atom stereocenters. The number of amides is 2. The summed E-state index contributed by atoms with van der Waals surface area (Å²) in [7, 11) is 1.82. The van der Waals surface area contributed by atoms with Crippen LogP contribution in [0.3, 0.4) is 0 Å². The third kappa shape index (κ3) is 3.85. The number of aliphatic hydroxyl groups excluding tert-OH is 1. The van der Waals surface area contributed by atoms with E-state index in [4.69, 9.17) is 0 Å². The smallest absolute Gasteiger partial charge is 0.319 e. The number of aliphatic hydroxyl groups is 1. The largest absolute Gasteiger partial charge is 0.392 e. The molecule has 0 spiro atoms. The second-order valence-electron chi connectivity index (χ2n) is 12.2. The zero-order chi connectivity index (χ0) is 26.0. The van der Waals surface area contributed by atoms with Gasteiger partial charge in [0.1, 0.15) is 5.82 Å². The molecule has 38 heavy (non-hydrogen) atoms. The van der Waals surface area contributed by atoms with Gasteiger partial charge >= 0.3 is 6.03 Å². The number of nitrogens with one attached hydrogen (secondary N) is 2. The van der Waals surface area contributed by atoms with Crippen molar-refractivity contribution < 1.29 is 14.3 Å². The zero-order valence-corrected chi connectivity index (χ0v) is 21.7. The average Bonchev–Trinajstić information content (AvgIpc) is 3.58. The van der Waals surface area contributed by atoms with Gasteiger partial charge in [-0.25, -0.2) is 14.2 Å². The number of hydrogen-bond acceptors (Lipinski definition) is 4. The van der Waals surface area contributed by atoms with E-state index >= 15 is 0 Å². The van der Waals surface area contributed by atoms with Crippen LogP contribution in [0.15, 0.2) is 43.1 Å². The second kappa shape index (κ2) is 8.93. The molecule has 3 heterocycles. The molecule has 3 N–H and O–H groups in total. The number of rotatable bonds is 7. The van der Waals surface area contributed by atoms with Gasteiger partial charge in [0.25, 0.3) is 0 Å². The predicted octanol–water partition coefficient (Wildman–Crippen LogP) is 4.73. The molecule has 1 aromatic carbocycles. The summed E-state index contributed by atoms with van der Waals surface area (Å²) in [5.41, 5.74) is 3.12. The lowest BCUT2D eigenvalue weighted by Crippen LogP contribution is -2.56. The summed E-state index contributed by atoms with van der Waals surface area (Å²) >= 11 is 0. The van der Waals surface area contributed by atoms with Crippen LogP contribution in [0, 0.1) is 34.9 Å². The van der Waals surface area contributed by atoms with E-state index in [0.717, 1.165) is 36.9 Å². The number of imidazole rings is 1. The Labute approximate surface area is 221 Å². The van der Waals surface area contributed by atoms with Crippen molar-refractivity contribution in [1.82, 2.24) is 24.6 Å². The van der Waals surface area contributed by atoms with Gasteiger partial charge in [0, 0.05) is 30.9 Å². The van der Waals surface area contributed by atoms with Crippen molar-refractivity contribution >= 4 is 11.7 Å². The van der Waals surface area contributed by atoms with Crippen molar-refractivity contribution in [2.24, 2.45) is 36.1 Å². The molecular weight excluding hydrogens is 483 g/mol. The molecule has 9 heteroatoms. The SMILES string of the molecule is Cn1cc(NC(=O)NCCC2C3CC4CC2CC(C(O)CC2c5c(F)cccc5-c5cncn52)(C4)C3)cn1. The molecule has 4 fully saturated rings. The van der Waals surface area contributed by atoms with E-state index in [0.29, 0.717) is 47.9 Å². The lowest BCUT2D eigenvalue weighted by molar-refractivity contribution is -0.151. The Hall–Kier alpha value is -3.20. The maximum absolute atomic E-state index is 15.0. The van der Waals surface area contributed by atoms with Crippen LogP contribution in [0.4, 0.5) is 14.9 Å². The van der Waals surface area contributed by atoms with Crippen LogP contribution in [-0.4, -0.2) is 43.1 Å². The maximum Gasteiger partial charge on any atom is 0.319 e. The third-order valence-electron chi connectivity index (χ3n) is 10.1. The van der Waals surface area contributed by atoms with Crippen molar-refractivity contribution in [3.05, 3.63) is 54.5 Å². The van der Waals surface area contributed by atoms with Gasteiger partial charge < -0.3 is 20.3 Å². The zero-order valence-electron chi connectivity index (χ0n) is 21.7. The van der Waals surface area contributed by atoms with Crippen LogP contribution in [-0.2, 0) is 7.05 Å². The number of aromatic nitrogens is 4. The number of nitrogens with zero attached hydrogens (tertiary/aromatic N) is 4. The van der Waals surface area contributed by atoms with Crippen molar-refractivity contribution in [3.8, 4) is 11.3 Å². The Morgan fingerprint density at radius 3 is 2.82 bits per heavy atom. The molecule has 8 nitrogen and oxygen atoms in total. The first-order valence-electron chi connectivity index (χ1n) is 13.9. The number of hydrogen-bond donors (Lipinski definition) is 3. The van der Waals surface area contributed by atoms with Crippen LogP contribution in [0.5, 0.6) is 0 Å². The van der Waals surface area contributed by atoms with Gasteiger partial charge in [-0.2, -0.15) is 5.10 Å². The molecule has 4 aliphatic carbocycles. The summed E-state index contributed by atoms with van der Waals surface area (Å²) in [6.07, 6.45) is 13.6. The van der Waals surface area contributed by atoms with Crippen LogP contribution < -0.4 is 10.6 Å². The van der Waals surface area contributed by atoms with Crippen LogP contribution >= 0.6 is 0 Å². The van der Waals surface area contributed by atoms with Gasteiger partial charge in [0.2, 0.25) is 0 Å². The first-order chi connectivity index (χ1) is 18.4. The highest BCUT2D eigenvalue weighted by Crippen LogP contribution is 2.64. The number of aryl methyl sites for hydroxylation is 1. The fourth-order valence-corrected chi connectivity index (χ4v) is 8.78. The van der Waals surface area contributed by atoms with Crippen molar-refractivity contribution in [2.45, 2.75) is 57.1 Å². The minimum atomic E-state index is -0.481. The highest BCUT2D eigenvalue weighted by Gasteiger charge is 2.57. The van der Waals surface area contributed by atoms with Crippen molar-refractivity contribution in [1.29, 1.82) is 0 Å². The standard InChI is InChI=1S/C29H35FN6O2/c1-35-15-20(13-33-35)34-28(38)32-6-5-21-18-7-17-8-19(21)12-29(10-17,11-18)26(37)9-24-27-22(3-2-4-23(27)30)25-14-31-16-36(24)25/h2-4,13-19,21,24,26,37H,5-12H2,1H3,(H2,32,34,38). The van der Waals surface area contributed by atoms with Gasteiger partial charge in [-0.1, -0.05) is 12.1 Å². The molecule has 3 aromatic rings. The first kappa shape index (κ1) is 23.9. The number of benzene rings is 1. The Bertz CT molecular complexity index is 1350. The molecule has 4 saturated carbocycles. The van der Waals surface area contributed by atoms with Crippen molar-refractivity contribution in [2.75, 3.05) is 11.9 Å². The lowest BCUT2D eigenvalue weighted by atomic mass is 9.44. The minimum absolute atomic E-state index is 0.0904. The summed E-state index contributed by atoms with van der Waals surface area (Å²) in [6.45, 7) is 0.644. The summed E-state index contributed by atoms with van der Waals surface area (Å²) in [5, 5.41) is 21.7. The average molecular weight is 519 g/mol. The topological polar surface area (TPSA) is 97.0 Å². The van der Waals surface area contributed by atoms with Crippen LogP contribution in [0.25, 0.3) is 11.3 Å². The number of anilines is 1. The third-order valence-corrected chi connectivity index (χ3v) is 10.1. The minimum Gasteiger partial charge on any atom is -0.392 e. The summed E-state index contributed by atoms with van der Waals surface area (Å²) in [4.78, 5) is 16.6. The molecule has 2 amide bonds. The van der Waals surface area contributed by atoms with E-state index in [2.05, 4.69) is 20.7 Å². The van der Waals surface area contributed by atoms with E-state index < -0.39 is 6.10 Å². The van der Waals surface area contributed by atoms with Crippen LogP contribution in [0.2, 0.25) is 0 Å². The Morgan fingerprint density at radius 2 is 2.05 bits per heavy atom. The molecule has 5 aliphatic rings. The van der Waals surface area contributed by atoms with Gasteiger partial charge in [0.15, 0.2) is 0 Å². The number of fused-ring (bicyclic) bond motifs is 3. The van der Waals surface area contributed by atoms with E-state index in [1.807, 2.05) is 17.7 Å². The Kier molecular flexibility index (Phi) is 5.61. The van der Waals surface area contributed by atoms with Gasteiger partial charge in [-0.05, 0) is 80.1 Å². The number of carbonyl (C=O) groups excluding carboxylic acids is 1. The molecule has 4 atom stereocenters. The second-order valence-corrected chi connectivity index (χ2v) is 12.2. The quantitative estimate of drug-likeness (QED) is 0.421. The molecule has 0 saturated heterocycles. The first-order valence-corrected chi connectivity index (χ1v) is 13.9. The highest BCUT2D eigenvalue weighted by molar-refractivity contribution is 5.88. The molecule has 1 aliphatic heterocycles. The summed E-state index contributed by atoms with van der Waals surface area (Å²) in [5.74, 6) is 2.20. The summed E-state index contributed by atoms with van der Waals surface area (Å²) in [6, 6.07) is 4.82. The number of halogens is 1. The molecule has 4 bridgehead atoms. The maximum atomic E-state index is 15.0. The Morgan fingerprint density at radius 1 is 1.24 bits per heavy atom. The molecule has 2 aromatic heterocycles. The molecule has 8 rings (SSSR count). The lowest BCUT2D eigenvalue weighted by Gasteiger charge is -2.62. The van der Waals surface area contributed by atoms with E-state index in [9.17, 15) is 14.3 Å². The normalized spacial score (nSPS) is 31.2. The molecule has 0 radical (unpaired) electrons. The highest BCUT2D eigenvalue weighted by atomic mass is 19.1. The van der Waals surface area contributed by atoms with Gasteiger partial charge in [0.05, 0.1) is 42.2 Å². The van der Waals surface area contributed by atoms with E-state index in [1.54, 1.807) is 35.7 Å². The van der Waals surface area contributed by atoms with Gasteiger partial charge in [-0.15, -0.1) is 0 Å². The van der Waals surface area contributed by atoms with Gasteiger partial charge in [-0.3, -0.25) is 4.68 Å². The summed E-state index contributed by atoms with van der Waals surface area (Å²) < 4.78 is 18.7. The van der Waals surface area contributed by atoms with E-state index in [1.165, 1.54) is 18.9 Å². The predicted molar refractivity (Wildman–Crippen MR) is 141 cm³/mol. The number of carbonyl (C=O) groups is 1. The molecule has 200 valence electrons. The fourth-order valence-electron chi connectivity index (χ4n) is 8.78. The molecular formula is C29H35FN6O2. The fraction of sp³-hybridized carbons (Fsp3) is 0.552. The van der Waals surface area contributed by atoms with Crippen LogP contribution in [0.1, 0.15) is 56.6 Å². The van der Waals surface area contributed by atoms with E-state index in [-0.39, 0.29) is 23.3 Å². The number of urea groups is 1. The Balaban J connectivity index is 1.02. The van der Waals surface area contributed by atoms with Crippen molar-refractivity contribution in [3.63, 3.8) is 0 Å². The monoisotopic (exact) mass is 518 g/mol.